The van der Waals surface area contributed by atoms with Crippen molar-refractivity contribution in [2.45, 2.75) is 24.9 Å². The van der Waals surface area contributed by atoms with Gasteiger partial charge in [-0.1, -0.05) is 0 Å². The van der Waals surface area contributed by atoms with E-state index in [4.69, 9.17) is 0 Å². The van der Waals surface area contributed by atoms with Crippen molar-refractivity contribution < 1.29 is 18.1 Å². The molecule has 0 N–H and O–H groups in total. The smallest absolute Gasteiger partial charge is 0.356 e. The molecule has 0 aliphatic carbocycles. The van der Waals surface area contributed by atoms with Gasteiger partial charge in [0.05, 0.1) is 15.4 Å². The van der Waals surface area contributed by atoms with Gasteiger partial charge in [-0.3, -0.25) is 10.1 Å². The number of anilines is 1. The van der Waals surface area contributed by atoms with Crippen LogP contribution >= 0.6 is 11.3 Å². The van der Waals surface area contributed by atoms with Crippen molar-refractivity contribution >= 4 is 33.7 Å². The molecule has 1 fully saturated rings. The molecule has 0 radical (unpaired) electrons. The molecule has 1 unspecified atom stereocenters. The molecule has 28 heavy (non-hydrogen) atoms. The minimum atomic E-state index is -4.42. The van der Waals surface area contributed by atoms with Crippen molar-refractivity contribution in [2.24, 2.45) is 0 Å². The van der Waals surface area contributed by atoms with Crippen LogP contribution in [-0.4, -0.2) is 28.0 Å². The molecule has 4 rings (SSSR count). The van der Waals surface area contributed by atoms with Crippen LogP contribution in [0.3, 0.4) is 0 Å². The lowest BCUT2D eigenvalue weighted by molar-refractivity contribution is -0.384. The van der Waals surface area contributed by atoms with Crippen molar-refractivity contribution in [1.29, 1.82) is 0 Å². The zero-order chi connectivity index (χ0) is 19.9. The highest BCUT2D eigenvalue weighted by Gasteiger charge is 2.35. The molecule has 2 aromatic heterocycles. The predicted octanol–water partition coefficient (Wildman–Crippen LogP) is 5.00. The van der Waals surface area contributed by atoms with E-state index < -0.39 is 16.8 Å². The Morgan fingerprint density at radius 3 is 2.75 bits per heavy atom. The molecule has 1 atom stereocenters. The molecule has 6 nitrogen and oxygen atoms in total. The van der Waals surface area contributed by atoms with Gasteiger partial charge in [0.1, 0.15) is 5.82 Å². The summed E-state index contributed by atoms with van der Waals surface area (Å²) in [6, 6.07) is 8.05. The van der Waals surface area contributed by atoms with Gasteiger partial charge in [-0.05, 0) is 31.0 Å². The third-order valence-electron chi connectivity index (χ3n) is 4.78. The van der Waals surface area contributed by atoms with Gasteiger partial charge in [0.2, 0.25) is 0 Å². The van der Waals surface area contributed by atoms with Crippen molar-refractivity contribution in [1.82, 2.24) is 9.97 Å². The molecule has 1 saturated heterocycles. The minimum Gasteiger partial charge on any atom is -0.356 e. The van der Waals surface area contributed by atoms with Crippen molar-refractivity contribution in [2.75, 3.05) is 18.0 Å². The van der Waals surface area contributed by atoms with Crippen molar-refractivity contribution in [3.8, 4) is 0 Å². The van der Waals surface area contributed by atoms with E-state index in [9.17, 15) is 23.3 Å². The first-order valence-electron chi connectivity index (χ1n) is 8.64. The lowest BCUT2D eigenvalue weighted by atomic mass is 9.98. The average molecular weight is 408 g/mol. The number of alkyl halides is 3. The maximum Gasteiger partial charge on any atom is 0.434 e. The van der Waals surface area contributed by atoms with Crippen LogP contribution in [0.25, 0.3) is 10.9 Å². The Morgan fingerprint density at radius 2 is 2.04 bits per heavy atom. The molecular weight excluding hydrogens is 393 g/mol. The molecule has 3 heterocycles. The number of benzene rings is 1. The SMILES string of the molecule is O=[N+]([O-])c1ccc2nc(N3CCCC(c4nc(C(F)(F)F)cs4)C3)ccc2c1. The van der Waals surface area contributed by atoms with E-state index in [0.717, 1.165) is 36.1 Å². The minimum absolute atomic E-state index is 0.00400. The van der Waals surface area contributed by atoms with E-state index in [1.54, 1.807) is 18.2 Å². The number of thiazole rings is 1. The molecule has 146 valence electrons. The fourth-order valence-electron chi connectivity index (χ4n) is 3.38. The van der Waals surface area contributed by atoms with Crippen LogP contribution in [-0.2, 0) is 6.18 Å². The Bertz CT molecular complexity index is 1040. The number of nitro groups is 1. The summed E-state index contributed by atoms with van der Waals surface area (Å²) >= 11 is 1.04. The number of nitro benzene ring substituents is 1. The summed E-state index contributed by atoms with van der Waals surface area (Å²) in [5.74, 6) is 0.628. The van der Waals surface area contributed by atoms with E-state index in [0.29, 0.717) is 28.3 Å². The maximum absolute atomic E-state index is 12.8. The second-order valence-corrected chi connectivity index (χ2v) is 7.55. The summed E-state index contributed by atoms with van der Waals surface area (Å²) in [6.45, 7) is 1.29. The summed E-state index contributed by atoms with van der Waals surface area (Å²) in [7, 11) is 0. The van der Waals surface area contributed by atoms with Crippen LogP contribution < -0.4 is 4.90 Å². The van der Waals surface area contributed by atoms with Gasteiger partial charge in [-0.2, -0.15) is 13.2 Å². The van der Waals surface area contributed by atoms with E-state index in [-0.39, 0.29) is 11.6 Å². The topological polar surface area (TPSA) is 72.2 Å². The summed E-state index contributed by atoms with van der Waals surface area (Å²) in [4.78, 5) is 20.8. The number of rotatable bonds is 3. The van der Waals surface area contributed by atoms with Crippen molar-refractivity contribution in [3.05, 3.63) is 56.5 Å². The van der Waals surface area contributed by atoms with Crippen LogP contribution in [0, 0.1) is 10.1 Å². The van der Waals surface area contributed by atoms with Gasteiger partial charge in [-0.15, -0.1) is 11.3 Å². The number of halogens is 3. The second-order valence-electron chi connectivity index (χ2n) is 6.66. The molecular formula is C18H15F3N4O2S. The standard InChI is InChI=1S/C18H15F3N4O2S/c19-18(20,21)15-10-28-17(23-15)12-2-1-7-24(9-12)16-6-3-11-8-13(25(26)27)4-5-14(11)22-16/h3-6,8,10,12H,1-2,7,9H2. The Hall–Kier alpha value is -2.75. The number of aromatic nitrogens is 2. The van der Waals surface area contributed by atoms with Gasteiger partial charge < -0.3 is 4.90 Å². The number of hydrogen-bond acceptors (Lipinski definition) is 6. The van der Waals surface area contributed by atoms with Gasteiger partial charge in [0.25, 0.3) is 5.69 Å². The highest BCUT2D eigenvalue weighted by atomic mass is 32.1. The summed E-state index contributed by atoms with van der Waals surface area (Å²) in [5.41, 5.74) is -0.196. The number of pyridine rings is 1. The zero-order valence-corrected chi connectivity index (χ0v) is 15.3. The van der Waals surface area contributed by atoms with E-state index in [1.807, 2.05) is 4.90 Å². The van der Waals surface area contributed by atoms with Crippen LogP contribution in [0.1, 0.15) is 29.5 Å². The lowest BCUT2D eigenvalue weighted by Crippen LogP contribution is -2.34. The predicted molar refractivity (Wildman–Crippen MR) is 99.7 cm³/mol. The summed E-state index contributed by atoms with van der Waals surface area (Å²) in [6.07, 6.45) is -2.82. The lowest BCUT2D eigenvalue weighted by Gasteiger charge is -2.32. The molecule has 1 aliphatic rings. The van der Waals surface area contributed by atoms with Crippen LogP contribution in [0.15, 0.2) is 35.7 Å². The number of piperidine rings is 1. The number of non-ortho nitro benzene ring substituents is 1. The molecule has 0 spiro atoms. The van der Waals surface area contributed by atoms with Gasteiger partial charge in [0.15, 0.2) is 5.69 Å². The second kappa shape index (κ2) is 7.01. The molecule has 1 aliphatic heterocycles. The Morgan fingerprint density at radius 1 is 1.21 bits per heavy atom. The number of hydrogen-bond donors (Lipinski definition) is 0. The molecule has 0 bridgehead atoms. The molecule has 0 amide bonds. The van der Waals surface area contributed by atoms with E-state index >= 15 is 0 Å². The highest BCUT2D eigenvalue weighted by molar-refractivity contribution is 7.09. The first kappa shape index (κ1) is 18.6. The largest absolute Gasteiger partial charge is 0.434 e. The fraction of sp³-hybridized carbons (Fsp3) is 0.333. The molecule has 1 aromatic carbocycles. The fourth-order valence-corrected chi connectivity index (χ4v) is 4.34. The summed E-state index contributed by atoms with van der Waals surface area (Å²) < 4.78 is 38.5. The van der Waals surface area contributed by atoms with Crippen molar-refractivity contribution in [3.63, 3.8) is 0 Å². The third-order valence-corrected chi connectivity index (χ3v) is 5.78. The van der Waals surface area contributed by atoms with Gasteiger partial charge >= 0.3 is 6.18 Å². The Kier molecular flexibility index (Phi) is 4.66. The monoisotopic (exact) mass is 408 g/mol. The van der Waals surface area contributed by atoms with E-state index in [2.05, 4.69) is 9.97 Å². The van der Waals surface area contributed by atoms with Crippen LogP contribution in [0.5, 0.6) is 0 Å². The number of fused-ring (bicyclic) bond motifs is 1. The van der Waals surface area contributed by atoms with E-state index in [1.165, 1.54) is 12.1 Å². The molecule has 10 heteroatoms. The first-order chi connectivity index (χ1) is 13.3. The zero-order valence-electron chi connectivity index (χ0n) is 14.5. The van der Waals surface area contributed by atoms with Gasteiger partial charge in [-0.25, -0.2) is 9.97 Å². The third kappa shape index (κ3) is 3.64. The van der Waals surface area contributed by atoms with Crippen LogP contribution in [0.2, 0.25) is 0 Å². The normalized spacial score (nSPS) is 17.8. The Balaban J connectivity index is 1.56. The molecule has 0 saturated carbocycles. The number of nitrogens with zero attached hydrogens (tertiary/aromatic N) is 4. The quantitative estimate of drug-likeness (QED) is 0.450. The first-order valence-corrected chi connectivity index (χ1v) is 9.52. The maximum atomic E-state index is 12.8. The van der Waals surface area contributed by atoms with Crippen LogP contribution in [0.4, 0.5) is 24.7 Å². The average Bonchev–Trinajstić information content (AvgIpc) is 3.18. The Labute approximate surface area is 161 Å². The highest BCUT2D eigenvalue weighted by Crippen LogP contribution is 2.36. The summed E-state index contributed by atoms with van der Waals surface area (Å²) in [5, 5.41) is 13.1. The van der Waals surface area contributed by atoms with Gasteiger partial charge in [0, 0.05) is 41.9 Å². The molecule has 3 aromatic rings.